The van der Waals surface area contributed by atoms with Gasteiger partial charge in [0, 0.05) is 20.1 Å². The number of carbonyl (C=O) groups excluding carboxylic acids is 1. The summed E-state index contributed by atoms with van der Waals surface area (Å²) in [7, 11) is 1.73. The van der Waals surface area contributed by atoms with E-state index in [9.17, 15) is 4.79 Å². The molecule has 0 unspecified atom stereocenters. The molecule has 6 nitrogen and oxygen atoms in total. The van der Waals surface area contributed by atoms with E-state index in [1.165, 1.54) is 0 Å². The molecule has 0 aliphatic heterocycles. The van der Waals surface area contributed by atoms with Crippen LogP contribution >= 0.6 is 11.6 Å². The second kappa shape index (κ2) is 6.44. The van der Waals surface area contributed by atoms with Crippen LogP contribution in [0.2, 0.25) is 0 Å². The monoisotopic (exact) mass is 260 g/mol. The topological polar surface area (TPSA) is 62.5 Å². The number of amides is 1. The average molecular weight is 261 g/mol. The number of likely N-dealkylation sites (N-methyl/N-ethyl adjacent to an activating group) is 2. The molecule has 0 fully saturated rings. The third-order valence-electron chi connectivity index (χ3n) is 2.39. The van der Waals surface area contributed by atoms with Gasteiger partial charge >= 0.3 is 6.01 Å². The van der Waals surface area contributed by atoms with E-state index < -0.39 is 0 Å². The molecular weight excluding hydrogens is 244 g/mol. The molecule has 0 saturated carbocycles. The van der Waals surface area contributed by atoms with Gasteiger partial charge < -0.3 is 14.2 Å². The number of carbonyl (C=O) groups is 1. The van der Waals surface area contributed by atoms with Crippen molar-refractivity contribution in [2.24, 2.45) is 0 Å². The maximum Gasteiger partial charge on any atom is 0.318 e. The summed E-state index contributed by atoms with van der Waals surface area (Å²) in [6.07, 6.45) is 0. The number of halogens is 1. The Hall–Kier alpha value is -1.30. The van der Waals surface area contributed by atoms with Gasteiger partial charge in [0.2, 0.25) is 11.8 Å². The molecule has 17 heavy (non-hydrogen) atoms. The van der Waals surface area contributed by atoms with Gasteiger partial charge in [-0.1, -0.05) is 5.10 Å². The van der Waals surface area contributed by atoms with Crippen molar-refractivity contribution in [3.63, 3.8) is 0 Å². The SMILES string of the molecule is CCN(CC)C(=O)CN(C)c1nnc(CCl)o1. The van der Waals surface area contributed by atoms with E-state index in [4.69, 9.17) is 16.0 Å². The molecule has 1 aromatic heterocycles. The van der Waals surface area contributed by atoms with Crippen LogP contribution in [0.1, 0.15) is 19.7 Å². The van der Waals surface area contributed by atoms with Crippen LogP contribution in [0.4, 0.5) is 6.01 Å². The zero-order valence-corrected chi connectivity index (χ0v) is 11.1. The van der Waals surface area contributed by atoms with Crippen molar-refractivity contribution >= 4 is 23.5 Å². The third kappa shape index (κ3) is 3.59. The Balaban J connectivity index is 2.59. The van der Waals surface area contributed by atoms with Gasteiger partial charge in [0.25, 0.3) is 0 Å². The van der Waals surface area contributed by atoms with Crippen LogP contribution in [0, 0.1) is 0 Å². The van der Waals surface area contributed by atoms with E-state index in [0.29, 0.717) is 25.0 Å². The van der Waals surface area contributed by atoms with E-state index in [2.05, 4.69) is 10.2 Å². The molecule has 0 aromatic carbocycles. The summed E-state index contributed by atoms with van der Waals surface area (Å²) in [5, 5.41) is 7.54. The minimum atomic E-state index is 0.0307. The molecule has 0 atom stereocenters. The molecule has 0 radical (unpaired) electrons. The van der Waals surface area contributed by atoms with Crippen molar-refractivity contribution in [3.05, 3.63) is 5.89 Å². The van der Waals surface area contributed by atoms with Gasteiger partial charge in [0.1, 0.15) is 12.4 Å². The maximum atomic E-state index is 11.8. The molecule has 7 heteroatoms. The average Bonchev–Trinajstić information content (AvgIpc) is 2.79. The van der Waals surface area contributed by atoms with E-state index >= 15 is 0 Å². The van der Waals surface area contributed by atoms with Gasteiger partial charge in [-0.25, -0.2) is 0 Å². The van der Waals surface area contributed by atoms with E-state index in [-0.39, 0.29) is 18.3 Å². The predicted octanol–water partition coefficient (Wildman–Crippen LogP) is 1.11. The standard InChI is InChI=1S/C10H17ClN4O2/c1-4-15(5-2)9(16)7-14(3)10-13-12-8(6-11)17-10/h4-7H2,1-3H3. The lowest BCUT2D eigenvalue weighted by Crippen LogP contribution is -2.38. The van der Waals surface area contributed by atoms with Gasteiger partial charge in [-0.15, -0.1) is 16.7 Å². The van der Waals surface area contributed by atoms with Gasteiger partial charge in [-0.05, 0) is 13.8 Å². The summed E-state index contributed by atoms with van der Waals surface area (Å²) in [5.74, 6) is 0.553. The largest absolute Gasteiger partial charge is 0.407 e. The Bertz CT molecular complexity index is 365. The molecule has 0 aliphatic carbocycles. The highest BCUT2D eigenvalue weighted by Gasteiger charge is 2.16. The molecule has 1 aromatic rings. The lowest BCUT2D eigenvalue weighted by atomic mass is 10.4. The fourth-order valence-electron chi connectivity index (χ4n) is 1.40. The van der Waals surface area contributed by atoms with Crippen molar-refractivity contribution in [1.82, 2.24) is 15.1 Å². The molecule has 0 bridgehead atoms. The minimum absolute atomic E-state index is 0.0307. The van der Waals surface area contributed by atoms with Crippen molar-refractivity contribution in [2.45, 2.75) is 19.7 Å². The van der Waals surface area contributed by atoms with Crippen LogP contribution in [-0.2, 0) is 10.7 Å². The minimum Gasteiger partial charge on any atom is -0.407 e. The van der Waals surface area contributed by atoms with Gasteiger partial charge in [0.05, 0.1) is 0 Å². The molecule has 0 aliphatic rings. The Morgan fingerprint density at radius 3 is 2.47 bits per heavy atom. The van der Waals surface area contributed by atoms with Crippen LogP contribution in [0.15, 0.2) is 4.42 Å². The Morgan fingerprint density at radius 2 is 2.00 bits per heavy atom. The van der Waals surface area contributed by atoms with E-state index in [1.54, 1.807) is 16.8 Å². The fourth-order valence-corrected chi connectivity index (χ4v) is 1.51. The van der Waals surface area contributed by atoms with E-state index in [1.807, 2.05) is 13.8 Å². The zero-order chi connectivity index (χ0) is 12.8. The second-order valence-corrected chi connectivity index (χ2v) is 3.80. The maximum absolute atomic E-state index is 11.8. The highest BCUT2D eigenvalue weighted by molar-refractivity contribution is 6.16. The first-order valence-electron chi connectivity index (χ1n) is 5.49. The van der Waals surface area contributed by atoms with Crippen molar-refractivity contribution < 1.29 is 9.21 Å². The summed E-state index contributed by atoms with van der Waals surface area (Å²) in [6.45, 7) is 5.49. The first-order chi connectivity index (χ1) is 8.12. The van der Waals surface area contributed by atoms with Crippen LogP contribution in [0.3, 0.4) is 0 Å². The lowest BCUT2D eigenvalue weighted by molar-refractivity contribution is -0.129. The molecule has 0 N–H and O–H groups in total. The molecule has 1 amide bonds. The van der Waals surface area contributed by atoms with Crippen molar-refractivity contribution in [1.29, 1.82) is 0 Å². The fraction of sp³-hybridized carbons (Fsp3) is 0.700. The van der Waals surface area contributed by atoms with Gasteiger partial charge in [-0.2, -0.15) is 0 Å². The summed E-state index contributed by atoms with van der Waals surface area (Å²) >= 11 is 5.56. The van der Waals surface area contributed by atoms with Crippen LogP contribution in [0.5, 0.6) is 0 Å². The summed E-state index contributed by atoms with van der Waals surface area (Å²) < 4.78 is 5.24. The van der Waals surface area contributed by atoms with Crippen molar-refractivity contribution in [3.8, 4) is 0 Å². The Morgan fingerprint density at radius 1 is 1.35 bits per heavy atom. The van der Waals surface area contributed by atoms with Gasteiger partial charge in [-0.3, -0.25) is 4.79 Å². The Kier molecular flexibility index (Phi) is 5.21. The zero-order valence-electron chi connectivity index (χ0n) is 10.3. The molecule has 0 spiro atoms. The molecule has 0 saturated heterocycles. The third-order valence-corrected chi connectivity index (χ3v) is 2.61. The second-order valence-electron chi connectivity index (χ2n) is 3.53. The number of rotatable bonds is 6. The highest BCUT2D eigenvalue weighted by Crippen LogP contribution is 2.11. The highest BCUT2D eigenvalue weighted by atomic mass is 35.5. The lowest BCUT2D eigenvalue weighted by Gasteiger charge is -2.21. The molecule has 96 valence electrons. The normalized spacial score (nSPS) is 10.4. The summed E-state index contributed by atoms with van der Waals surface area (Å²) in [5.41, 5.74) is 0. The predicted molar refractivity (Wildman–Crippen MR) is 65.1 cm³/mol. The summed E-state index contributed by atoms with van der Waals surface area (Å²) in [4.78, 5) is 15.2. The number of alkyl halides is 1. The van der Waals surface area contributed by atoms with Crippen LogP contribution < -0.4 is 4.90 Å². The number of aromatic nitrogens is 2. The first kappa shape index (κ1) is 13.8. The van der Waals surface area contributed by atoms with Crippen LogP contribution in [0.25, 0.3) is 0 Å². The van der Waals surface area contributed by atoms with Gasteiger partial charge in [0.15, 0.2) is 0 Å². The first-order valence-corrected chi connectivity index (χ1v) is 6.03. The molecular formula is C10H17ClN4O2. The molecule has 1 heterocycles. The number of hydrogen-bond acceptors (Lipinski definition) is 5. The van der Waals surface area contributed by atoms with Crippen molar-refractivity contribution in [2.75, 3.05) is 31.6 Å². The number of hydrogen-bond donors (Lipinski definition) is 0. The smallest absolute Gasteiger partial charge is 0.318 e. The van der Waals surface area contributed by atoms with E-state index in [0.717, 1.165) is 0 Å². The molecule has 1 rings (SSSR count). The van der Waals surface area contributed by atoms with Crippen LogP contribution in [-0.4, -0.2) is 47.7 Å². The number of nitrogens with zero attached hydrogens (tertiary/aromatic N) is 4. The Labute approximate surface area is 106 Å². The number of anilines is 1. The quantitative estimate of drug-likeness (QED) is 0.717. The summed E-state index contributed by atoms with van der Waals surface area (Å²) in [6, 6.07) is 0.307.